The first-order valence-corrected chi connectivity index (χ1v) is 9.45. The third kappa shape index (κ3) is 5.13. The predicted octanol–water partition coefficient (Wildman–Crippen LogP) is 3.40. The lowest BCUT2D eigenvalue weighted by Gasteiger charge is -2.32. The molecule has 7 heteroatoms. The van der Waals surface area contributed by atoms with Gasteiger partial charge in [0.25, 0.3) is 0 Å². The molecule has 1 amide bonds. The molecule has 2 heterocycles. The molecule has 0 spiro atoms. The summed E-state index contributed by atoms with van der Waals surface area (Å²) in [5.74, 6) is -0.00754. The number of aryl methyl sites for hydroxylation is 1. The number of piperidine rings is 1. The second-order valence-corrected chi connectivity index (χ2v) is 6.87. The summed E-state index contributed by atoms with van der Waals surface area (Å²) in [4.78, 5) is 18.4. The number of nitrogens with one attached hydrogen (secondary N) is 1. The third-order valence-corrected chi connectivity index (χ3v) is 4.95. The summed E-state index contributed by atoms with van der Waals surface area (Å²) in [5.41, 5.74) is 0.157. The molecule has 1 aliphatic rings. The molecule has 146 valence electrons. The van der Waals surface area contributed by atoms with Crippen LogP contribution in [0.5, 0.6) is 0 Å². The van der Waals surface area contributed by atoms with E-state index in [1.807, 2.05) is 4.90 Å². The van der Waals surface area contributed by atoms with Crippen molar-refractivity contribution in [1.29, 1.82) is 0 Å². The Morgan fingerprint density at radius 2 is 2.11 bits per heavy atom. The van der Waals surface area contributed by atoms with Crippen LogP contribution in [0, 0.1) is 17.6 Å². The minimum Gasteiger partial charge on any atom is -0.441 e. The summed E-state index contributed by atoms with van der Waals surface area (Å²) in [5, 5.41) is 3.36. The van der Waals surface area contributed by atoms with E-state index in [0.717, 1.165) is 45.1 Å². The summed E-state index contributed by atoms with van der Waals surface area (Å²) in [6.07, 6.45) is 4.11. The maximum Gasteiger partial charge on any atom is 0.223 e. The lowest BCUT2D eigenvalue weighted by atomic mass is 9.96. The van der Waals surface area contributed by atoms with Gasteiger partial charge < -0.3 is 14.6 Å². The highest BCUT2D eigenvalue weighted by Gasteiger charge is 2.22. The van der Waals surface area contributed by atoms with E-state index in [-0.39, 0.29) is 17.2 Å². The minimum absolute atomic E-state index is 0.0876. The third-order valence-electron chi connectivity index (χ3n) is 4.95. The van der Waals surface area contributed by atoms with Gasteiger partial charge in [-0.1, -0.05) is 6.92 Å². The second kappa shape index (κ2) is 9.08. The summed E-state index contributed by atoms with van der Waals surface area (Å²) in [6, 6.07) is 3.29. The second-order valence-electron chi connectivity index (χ2n) is 6.87. The zero-order valence-electron chi connectivity index (χ0n) is 15.5. The van der Waals surface area contributed by atoms with Crippen molar-refractivity contribution in [2.45, 2.75) is 32.6 Å². The molecule has 0 bridgehead atoms. The van der Waals surface area contributed by atoms with Gasteiger partial charge in [-0.3, -0.25) is 4.79 Å². The molecule has 27 heavy (non-hydrogen) atoms. The topological polar surface area (TPSA) is 58.4 Å². The summed E-state index contributed by atoms with van der Waals surface area (Å²) in [7, 11) is 0. The summed E-state index contributed by atoms with van der Waals surface area (Å²) >= 11 is 0. The van der Waals surface area contributed by atoms with Gasteiger partial charge in [0.05, 0.1) is 11.8 Å². The van der Waals surface area contributed by atoms with Gasteiger partial charge >= 0.3 is 0 Å². The number of carbonyl (C=O) groups excluding carboxylic acids is 1. The van der Waals surface area contributed by atoms with Crippen molar-refractivity contribution < 1.29 is 18.0 Å². The average Bonchev–Trinajstić information content (AvgIpc) is 3.13. The van der Waals surface area contributed by atoms with Crippen molar-refractivity contribution in [3.63, 3.8) is 0 Å². The molecule has 0 atom stereocenters. The van der Waals surface area contributed by atoms with Crippen LogP contribution in [-0.4, -0.2) is 42.0 Å². The molecule has 1 fully saturated rings. The summed E-state index contributed by atoms with van der Waals surface area (Å²) < 4.78 is 32.4. The van der Waals surface area contributed by atoms with Gasteiger partial charge in [-0.15, -0.1) is 0 Å². The molecule has 1 aliphatic heterocycles. The number of oxazole rings is 1. The van der Waals surface area contributed by atoms with Gasteiger partial charge in [0, 0.05) is 32.0 Å². The number of halogens is 2. The molecular formula is C20H25F2N3O2. The highest BCUT2D eigenvalue weighted by atomic mass is 19.1. The number of hydrogen-bond donors (Lipinski definition) is 1. The SMILES string of the molecule is CCNCC1CCN(C(=O)CCc2ncc(-c3ccc(F)cc3F)o2)CC1. The van der Waals surface area contributed by atoms with Crippen LogP contribution < -0.4 is 5.32 Å². The molecule has 0 aliphatic carbocycles. The van der Waals surface area contributed by atoms with E-state index < -0.39 is 11.6 Å². The van der Waals surface area contributed by atoms with Crippen LogP contribution in [0.15, 0.2) is 28.8 Å². The van der Waals surface area contributed by atoms with Crippen molar-refractivity contribution in [3.8, 4) is 11.3 Å². The fraction of sp³-hybridized carbons (Fsp3) is 0.500. The fourth-order valence-electron chi connectivity index (χ4n) is 3.35. The Balaban J connectivity index is 1.49. The Bertz CT molecular complexity index is 770. The van der Waals surface area contributed by atoms with E-state index in [9.17, 15) is 13.6 Å². The van der Waals surface area contributed by atoms with Crippen LogP contribution in [0.1, 0.15) is 32.1 Å². The first-order chi connectivity index (χ1) is 13.1. The molecule has 0 unspecified atom stereocenters. The number of benzene rings is 1. The van der Waals surface area contributed by atoms with E-state index >= 15 is 0 Å². The van der Waals surface area contributed by atoms with Gasteiger partial charge in [-0.05, 0) is 44.0 Å². The van der Waals surface area contributed by atoms with E-state index in [0.29, 0.717) is 24.7 Å². The van der Waals surface area contributed by atoms with Gasteiger partial charge in [-0.25, -0.2) is 13.8 Å². The molecule has 1 saturated heterocycles. The van der Waals surface area contributed by atoms with Crippen LogP contribution >= 0.6 is 0 Å². The highest BCUT2D eigenvalue weighted by molar-refractivity contribution is 5.76. The lowest BCUT2D eigenvalue weighted by Crippen LogP contribution is -2.40. The zero-order chi connectivity index (χ0) is 19.2. The van der Waals surface area contributed by atoms with Gasteiger partial charge in [0.2, 0.25) is 5.91 Å². The molecule has 1 N–H and O–H groups in total. The van der Waals surface area contributed by atoms with Crippen LogP contribution in [0.4, 0.5) is 8.78 Å². The molecule has 1 aromatic carbocycles. The predicted molar refractivity (Wildman–Crippen MR) is 98.0 cm³/mol. The standard InChI is InChI=1S/C20H25F2N3O2/c1-2-23-12-14-7-9-25(10-8-14)20(26)6-5-19-24-13-18(27-19)16-4-3-15(21)11-17(16)22/h3-4,11,13-14,23H,2,5-10,12H2,1H3. The number of nitrogens with zero attached hydrogens (tertiary/aromatic N) is 2. The largest absolute Gasteiger partial charge is 0.441 e. The number of aromatic nitrogens is 1. The molecule has 0 saturated carbocycles. The van der Waals surface area contributed by atoms with Crippen molar-refractivity contribution >= 4 is 5.91 Å². The maximum absolute atomic E-state index is 13.8. The summed E-state index contributed by atoms with van der Waals surface area (Å²) in [6.45, 7) is 5.65. The number of carbonyl (C=O) groups is 1. The van der Waals surface area contributed by atoms with Gasteiger partial charge in [-0.2, -0.15) is 0 Å². The Kier molecular flexibility index (Phi) is 6.55. The van der Waals surface area contributed by atoms with Crippen molar-refractivity contribution in [3.05, 3.63) is 41.9 Å². The molecular weight excluding hydrogens is 352 g/mol. The van der Waals surface area contributed by atoms with Crippen LogP contribution in [0.3, 0.4) is 0 Å². The van der Waals surface area contributed by atoms with Crippen LogP contribution in [-0.2, 0) is 11.2 Å². The monoisotopic (exact) mass is 377 g/mol. The van der Waals surface area contributed by atoms with E-state index in [1.165, 1.54) is 18.3 Å². The fourth-order valence-corrected chi connectivity index (χ4v) is 3.35. The zero-order valence-corrected chi connectivity index (χ0v) is 15.5. The number of amides is 1. The van der Waals surface area contributed by atoms with Gasteiger partial charge in [0.15, 0.2) is 11.7 Å². The van der Waals surface area contributed by atoms with E-state index in [1.54, 1.807) is 0 Å². The van der Waals surface area contributed by atoms with Crippen LogP contribution in [0.2, 0.25) is 0 Å². The van der Waals surface area contributed by atoms with Crippen molar-refractivity contribution in [2.24, 2.45) is 5.92 Å². The number of rotatable bonds is 7. The van der Waals surface area contributed by atoms with Crippen LogP contribution in [0.25, 0.3) is 11.3 Å². The molecule has 2 aromatic rings. The normalized spacial score (nSPS) is 15.3. The Labute approximate surface area is 157 Å². The number of hydrogen-bond acceptors (Lipinski definition) is 4. The minimum atomic E-state index is -0.700. The number of likely N-dealkylation sites (tertiary alicyclic amines) is 1. The van der Waals surface area contributed by atoms with Crippen molar-refractivity contribution in [1.82, 2.24) is 15.2 Å². The Morgan fingerprint density at radius 3 is 2.81 bits per heavy atom. The van der Waals surface area contributed by atoms with Crippen molar-refractivity contribution in [2.75, 3.05) is 26.2 Å². The first kappa shape index (κ1) is 19.5. The Hall–Kier alpha value is -2.28. The van der Waals surface area contributed by atoms with E-state index in [2.05, 4.69) is 17.2 Å². The molecule has 0 radical (unpaired) electrons. The van der Waals surface area contributed by atoms with E-state index in [4.69, 9.17) is 4.42 Å². The average molecular weight is 377 g/mol. The first-order valence-electron chi connectivity index (χ1n) is 9.45. The maximum atomic E-state index is 13.8. The lowest BCUT2D eigenvalue weighted by molar-refractivity contribution is -0.132. The highest BCUT2D eigenvalue weighted by Crippen LogP contribution is 2.25. The molecule has 3 rings (SSSR count). The smallest absolute Gasteiger partial charge is 0.223 e. The quantitative estimate of drug-likeness (QED) is 0.804. The molecule has 1 aromatic heterocycles. The molecule has 5 nitrogen and oxygen atoms in total. The Morgan fingerprint density at radius 1 is 1.33 bits per heavy atom. The van der Waals surface area contributed by atoms with Gasteiger partial charge in [0.1, 0.15) is 11.6 Å².